The number of nitrogens with one attached hydrogen (secondary N) is 1. The first-order valence-corrected chi connectivity index (χ1v) is 9.10. The fourth-order valence-corrected chi connectivity index (χ4v) is 2.86. The summed E-state index contributed by atoms with van der Waals surface area (Å²) in [5.74, 6) is 0.407. The third-order valence-electron chi connectivity index (χ3n) is 4.06. The summed E-state index contributed by atoms with van der Waals surface area (Å²) in [4.78, 5) is 23.2. The molecule has 3 aromatic rings. The number of carbonyl (C=O) groups excluding carboxylic acids is 1. The molecule has 0 aliphatic carbocycles. The molecule has 0 saturated heterocycles. The number of aromatic nitrogens is 2. The first kappa shape index (κ1) is 18.9. The van der Waals surface area contributed by atoms with Crippen LogP contribution in [-0.4, -0.2) is 26.8 Å². The van der Waals surface area contributed by atoms with Gasteiger partial charge in [0.25, 0.3) is 5.91 Å². The maximum Gasteiger partial charge on any atom is 0.273 e. The highest BCUT2D eigenvalue weighted by Gasteiger charge is 2.21. The number of benzene rings is 2. The summed E-state index contributed by atoms with van der Waals surface area (Å²) in [5, 5.41) is 3.78. The fourth-order valence-electron chi connectivity index (χ4n) is 2.67. The van der Waals surface area contributed by atoms with Gasteiger partial charge >= 0.3 is 0 Å². The van der Waals surface area contributed by atoms with E-state index in [2.05, 4.69) is 15.3 Å². The number of hydrogen-bond acceptors (Lipinski definition) is 4. The number of halogens is 1. The van der Waals surface area contributed by atoms with Crippen molar-refractivity contribution >= 4 is 29.0 Å². The summed E-state index contributed by atoms with van der Waals surface area (Å²) in [7, 11) is 0. The molecule has 27 heavy (non-hydrogen) atoms. The highest BCUT2D eigenvalue weighted by molar-refractivity contribution is 6.30. The van der Waals surface area contributed by atoms with Crippen molar-refractivity contribution in [2.75, 3.05) is 5.32 Å². The van der Waals surface area contributed by atoms with Crippen LogP contribution in [0.25, 0.3) is 0 Å². The number of carbonyl (C=O) groups is 1. The Morgan fingerprint density at radius 2 is 1.85 bits per heavy atom. The van der Waals surface area contributed by atoms with Gasteiger partial charge in [-0.3, -0.25) is 4.79 Å². The van der Waals surface area contributed by atoms with Crippen molar-refractivity contribution in [1.29, 1.82) is 0 Å². The van der Waals surface area contributed by atoms with Gasteiger partial charge in [-0.2, -0.15) is 0 Å². The average molecular weight is 381 g/mol. The third kappa shape index (κ3) is 5.05. The molecule has 1 heterocycles. The third-order valence-corrected chi connectivity index (χ3v) is 4.30. The first-order chi connectivity index (χ1) is 13.0. The van der Waals surface area contributed by atoms with Crippen molar-refractivity contribution in [2.45, 2.75) is 26.4 Å². The van der Waals surface area contributed by atoms with Crippen LogP contribution in [0.1, 0.15) is 29.9 Å². The topological polar surface area (TPSA) is 58.1 Å². The van der Waals surface area contributed by atoms with Crippen molar-refractivity contribution in [3.8, 4) is 0 Å². The summed E-state index contributed by atoms with van der Waals surface area (Å²) in [5.41, 5.74) is 2.22. The molecule has 5 nitrogen and oxygen atoms in total. The molecule has 0 aliphatic rings. The molecule has 3 rings (SSSR count). The van der Waals surface area contributed by atoms with E-state index >= 15 is 0 Å². The lowest BCUT2D eigenvalue weighted by Gasteiger charge is -2.26. The van der Waals surface area contributed by atoms with Crippen LogP contribution >= 0.6 is 11.6 Å². The zero-order valence-corrected chi connectivity index (χ0v) is 16.0. The van der Waals surface area contributed by atoms with Crippen molar-refractivity contribution in [1.82, 2.24) is 14.9 Å². The maximum atomic E-state index is 13.0. The van der Waals surface area contributed by atoms with Gasteiger partial charge in [0.1, 0.15) is 17.8 Å². The predicted molar refractivity (Wildman–Crippen MR) is 108 cm³/mol. The van der Waals surface area contributed by atoms with E-state index in [9.17, 15) is 4.79 Å². The Hall–Kier alpha value is -2.92. The predicted octanol–water partition coefficient (Wildman–Crippen LogP) is 4.92. The molecule has 138 valence electrons. The minimum atomic E-state index is -0.134. The lowest BCUT2D eigenvalue weighted by molar-refractivity contribution is 0.0684. The summed E-state index contributed by atoms with van der Waals surface area (Å²) in [6, 6.07) is 18.9. The van der Waals surface area contributed by atoms with E-state index in [-0.39, 0.29) is 11.9 Å². The monoisotopic (exact) mass is 380 g/mol. The van der Waals surface area contributed by atoms with E-state index in [1.54, 1.807) is 23.1 Å². The van der Waals surface area contributed by atoms with Crippen LogP contribution in [0.2, 0.25) is 5.02 Å². The quantitative estimate of drug-likeness (QED) is 0.659. The van der Waals surface area contributed by atoms with E-state index in [0.717, 1.165) is 11.3 Å². The SMILES string of the molecule is CC(C)N(Cc1ccccc1)C(=O)c1cc(Nc2cccc(Cl)c2)ncn1. The molecule has 6 heteroatoms. The Bertz CT molecular complexity index is 915. The molecule has 0 radical (unpaired) electrons. The molecule has 0 unspecified atom stereocenters. The van der Waals surface area contributed by atoms with Crippen molar-refractivity contribution in [3.63, 3.8) is 0 Å². The van der Waals surface area contributed by atoms with Crippen molar-refractivity contribution in [3.05, 3.63) is 83.3 Å². The van der Waals surface area contributed by atoms with Crippen LogP contribution < -0.4 is 5.32 Å². The molecule has 0 spiro atoms. The van der Waals surface area contributed by atoms with E-state index in [0.29, 0.717) is 23.1 Å². The van der Waals surface area contributed by atoms with Gasteiger partial charge in [0.15, 0.2) is 0 Å². The highest BCUT2D eigenvalue weighted by Crippen LogP contribution is 2.20. The Labute approximate surface area is 164 Å². The first-order valence-electron chi connectivity index (χ1n) is 8.72. The van der Waals surface area contributed by atoms with Gasteiger partial charge in [0.2, 0.25) is 0 Å². The molecule has 1 N–H and O–H groups in total. The number of anilines is 2. The van der Waals surface area contributed by atoms with Gasteiger partial charge in [-0.25, -0.2) is 9.97 Å². The van der Waals surface area contributed by atoms with Crippen LogP contribution in [0.5, 0.6) is 0 Å². The summed E-state index contributed by atoms with van der Waals surface area (Å²) >= 11 is 6.01. The van der Waals surface area contributed by atoms with Gasteiger partial charge in [-0.1, -0.05) is 48.0 Å². The van der Waals surface area contributed by atoms with Gasteiger partial charge in [-0.15, -0.1) is 0 Å². The molecule has 1 amide bonds. The lowest BCUT2D eigenvalue weighted by atomic mass is 10.1. The second-order valence-corrected chi connectivity index (χ2v) is 6.87. The van der Waals surface area contributed by atoms with E-state index < -0.39 is 0 Å². The van der Waals surface area contributed by atoms with Gasteiger partial charge < -0.3 is 10.2 Å². The van der Waals surface area contributed by atoms with Gasteiger partial charge in [-0.05, 0) is 37.6 Å². The fraction of sp³-hybridized carbons (Fsp3) is 0.190. The Morgan fingerprint density at radius 3 is 2.56 bits per heavy atom. The Balaban J connectivity index is 1.80. The van der Waals surface area contributed by atoms with E-state index in [1.165, 1.54) is 6.33 Å². The summed E-state index contributed by atoms with van der Waals surface area (Å²) < 4.78 is 0. The van der Waals surface area contributed by atoms with E-state index in [4.69, 9.17) is 11.6 Å². The molecule has 0 atom stereocenters. The molecular formula is C21H21ClN4O. The standard InChI is InChI=1S/C21H21ClN4O/c1-15(2)26(13-16-7-4-3-5-8-16)21(27)19-12-20(24-14-23-19)25-18-10-6-9-17(22)11-18/h3-12,14-15H,13H2,1-2H3,(H,23,24,25). The molecule has 0 fully saturated rings. The maximum absolute atomic E-state index is 13.0. The molecule has 0 saturated carbocycles. The Morgan fingerprint density at radius 1 is 1.07 bits per heavy atom. The summed E-state index contributed by atoms with van der Waals surface area (Å²) in [6.07, 6.45) is 1.39. The van der Waals surface area contributed by atoms with Crippen molar-refractivity contribution in [2.24, 2.45) is 0 Å². The highest BCUT2D eigenvalue weighted by atomic mass is 35.5. The minimum Gasteiger partial charge on any atom is -0.340 e. The summed E-state index contributed by atoms with van der Waals surface area (Å²) in [6.45, 7) is 4.51. The molecule has 2 aromatic carbocycles. The van der Waals surface area contributed by atoms with Gasteiger partial charge in [0, 0.05) is 29.4 Å². The van der Waals surface area contributed by atoms with Crippen LogP contribution in [0, 0.1) is 0 Å². The second kappa shape index (κ2) is 8.64. The Kier molecular flexibility index (Phi) is 6.04. The largest absolute Gasteiger partial charge is 0.340 e. The minimum absolute atomic E-state index is 0.0389. The van der Waals surface area contributed by atoms with Crippen molar-refractivity contribution < 1.29 is 4.79 Å². The number of nitrogens with zero attached hydrogens (tertiary/aromatic N) is 3. The lowest BCUT2D eigenvalue weighted by Crippen LogP contribution is -2.36. The molecule has 0 aliphatic heterocycles. The average Bonchev–Trinajstić information content (AvgIpc) is 2.66. The molecular weight excluding hydrogens is 360 g/mol. The van der Waals surface area contributed by atoms with Crippen LogP contribution in [0.4, 0.5) is 11.5 Å². The number of rotatable bonds is 6. The normalized spacial score (nSPS) is 10.7. The van der Waals surface area contributed by atoms with Crippen LogP contribution in [0.15, 0.2) is 67.0 Å². The van der Waals surface area contributed by atoms with Crippen LogP contribution in [0.3, 0.4) is 0 Å². The molecule has 0 bridgehead atoms. The van der Waals surface area contributed by atoms with Gasteiger partial charge in [0.05, 0.1) is 0 Å². The number of hydrogen-bond donors (Lipinski definition) is 1. The second-order valence-electron chi connectivity index (χ2n) is 6.44. The smallest absolute Gasteiger partial charge is 0.273 e. The number of amides is 1. The van der Waals surface area contributed by atoms with Crippen LogP contribution in [-0.2, 0) is 6.54 Å². The van der Waals surface area contributed by atoms with E-state index in [1.807, 2.05) is 56.3 Å². The zero-order valence-electron chi connectivity index (χ0n) is 15.3. The zero-order chi connectivity index (χ0) is 19.2. The molecule has 1 aromatic heterocycles.